The molecule has 1 unspecified atom stereocenters. The molecule has 0 saturated carbocycles. The van der Waals surface area contributed by atoms with Crippen molar-refractivity contribution in [2.24, 2.45) is 0 Å². The molecular formula is C24H23FN4. The van der Waals surface area contributed by atoms with Crippen LogP contribution in [0.1, 0.15) is 28.3 Å². The van der Waals surface area contributed by atoms with Gasteiger partial charge in [0.25, 0.3) is 0 Å². The van der Waals surface area contributed by atoms with Crippen LogP contribution in [0.15, 0.2) is 73.1 Å². The van der Waals surface area contributed by atoms with Gasteiger partial charge in [-0.3, -0.25) is 14.8 Å². The van der Waals surface area contributed by atoms with Gasteiger partial charge >= 0.3 is 0 Å². The fourth-order valence-electron chi connectivity index (χ4n) is 3.98. The topological polar surface area (TPSA) is 43.2 Å². The standard InChI is InChI=1S/C24H23FN4/c25-23-8-6-20(7-9-23)24(19-4-2-1-3-5-19)29-14-12-28(13-15-29)18-21-10-11-27-17-22(21)16-26/h1-11,17,24H,12-15,18H2. The van der Waals surface area contributed by atoms with Crippen LogP contribution in [0.3, 0.4) is 0 Å². The summed E-state index contributed by atoms with van der Waals surface area (Å²) in [6, 6.07) is 21.5. The predicted octanol–water partition coefficient (Wildman–Crippen LogP) is 4.00. The number of rotatable bonds is 5. The van der Waals surface area contributed by atoms with E-state index in [1.165, 1.54) is 17.7 Å². The molecule has 4 nitrogen and oxygen atoms in total. The van der Waals surface area contributed by atoms with E-state index < -0.39 is 0 Å². The number of hydrogen-bond acceptors (Lipinski definition) is 4. The lowest BCUT2D eigenvalue weighted by molar-refractivity contribution is 0.105. The van der Waals surface area contributed by atoms with Gasteiger partial charge in [-0.15, -0.1) is 0 Å². The Kier molecular flexibility index (Phi) is 5.95. The average molecular weight is 386 g/mol. The molecule has 146 valence electrons. The van der Waals surface area contributed by atoms with Crippen molar-refractivity contribution in [3.05, 3.63) is 101 Å². The molecule has 0 amide bonds. The Morgan fingerprint density at radius 2 is 1.62 bits per heavy atom. The highest BCUT2D eigenvalue weighted by Gasteiger charge is 2.26. The number of pyridine rings is 1. The molecule has 1 aliphatic rings. The van der Waals surface area contributed by atoms with Crippen LogP contribution in [0.5, 0.6) is 0 Å². The Balaban J connectivity index is 1.50. The third-order valence-corrected chi connectivity index (χ3v) is 5.50. The largest absolute Gasteiger partial charge is 0.296 e. The molecule has 0 bridgehead atoms. The van der Waals surface area contributed by atoms with Gasteiger partial charge in [0.1, 0.15) is 11.9 Å². The number of hydrogen-bond donors (Lipinski definition) is 0. The van der Waals surface area contributed by atoms with Crippen molar-refractivity contribution >= 4 is 0 Å². The summed E-state index contributed by atoms with van der Waals surface area (Å²) in [5, 5.41) is 9.29. The second kappa shape index (κ2) is 8.95. The van der Waals surface area contributed by atoms with Crippen LogP contribution in [0.25, 0.3) is 0 Å². The number of benzene rings is 2. The highest BCUT2D eigenvalue weighted by Crippen LogP contribution is 2.30. The second-order valence-corrected chi connectivity index (χ2v) is 7.32. The zero-order chi connectivity index (χ0) is 20.1. The molecule has 1 aromatic heterocycles. The van der Waals surface area contributed by atoms with E-state index in [1.54, 1.807) is 12.4 Å². The Morgan fingerprint density at radius 1 is 0.931 bits per heavy atom. The Labute approximate surface area is 170 Å². The summed E-state index contributed by atoms with van der Waals surface area (Å²) in [6.07, 6.45) is 3.37. The predicted molar refractivity (Wildman–Crippen MR) is 110 cm³/mol. The van der Waals surface area contributed by atoms with Gasteiger partial charge in [0, 0.05) is 45.1 Å². The number of nitrogens with zero attached hydrogens (tertiary/aromatic N) is 4. The third-order valence-electron chi connectivity index (χ3n) is 5.50. The number of piperazine rings is 1. The Bertz CT molecular complexity index is 974. The van der Waals surface area contributed by atoms with Crippen molar-refractivity contribution < 1.29 is 4.39 Å². The van der Waals surface area contributed by atoms with E-state index in [9.17, 15) is 9.65 Å². The lowest BCUT2D eigenvalue weighted by Gasteiger charge is -2.40. The van der Waals surface area contributed by atoms with Gasteiger partial charge in [0.15, 0.2) is 0 Å². The molecule has 1 saturated heterocycles. The lowest BCUT2D eigenvalue weighted by Crippen LogP contribution is -2.47. The minimum absolute atomic E-state index is 0.106. The molecule has 4 rings (SSSR count). The van der Waals surface area contributed by atoms with Gasteiger partial charge in [-0.25, -0.2) is 4.39 Å². The molecule has 0 radical (unpaired) electrons. The van der Waals surface area contributed by atoms with E-state index in [4.69, 9.17) is 0 Å². The van der Waals surface area contributed by atoms with Gasteiger partial charge in [0.2, 0.25) is 0 Å². The van der Waals surface area contributed by atoms with Gasteiger partial charge in [0.05, 0.1) is 11.6 Å². The maximum atomic E-state index is 13.5. The van der Waals surface area contributed by atoms with E-state index in [0.717, 1.165) is 43.9 Å². The van der Waals surface area contributed by atoms with Crippen LogP contribution in [0.2, 0.25) is 0 Å². The van der Waals surface area contributed by atoms with Crippen LogP contribution in [-0.4, -0.2) is 41.0 Å². The smallest absolute Gasteiger partial charge is 0.123 e. The highest BCUT2D eigenvalue weighted by molar-refractivity contribution is 5.35. The summed E-state index contributed by atoms with van der Waals surface area (Å²) in [4.78, 5) is 8.87. The molecule has 29 heavy (non-hydrogen) atoms. The summed E-state index contributed by atoms with van der Waals surface area (Å²) < 4.78 is 13.5. The quantitative estimate of drug-likeness (QED) is 0.665. The first kappa shape index (κ1) is 19.3. The van der Waals surface area contributed by atoms with Crippen molar-refractivity contribution in [1.82, 2.24) is 14.8 Å². The number of nitriles is 1. The fraction of sp³-hybridized carbons (Fsp3) is 0.250. The molecule has 1 atom stereocenters. The first-order chi connectivity index (χ1) is 14.2. The summed E-state index contributed by atoms with van der Waals surface area (Å²) >= 11 is 0. The molecule has 3 aromatic rings. The Hall–Kier alpha value is -3.07. The molecule has 2 heterocycles. The van der Waals surface area contributed by atoms with Gasteiger partial charge < -0.3 is 0 Å². The lowest BCUT2D eigenvalue weighted by atomic mass is 9.96. The van der Waals surface area contributed by atoms with Crippen LogP contribution in [0, 0.1) is 17.1 Å². The first-order valence-electron chi connectivity index (χ1n) is 9.84. The Morgan fingerprint density at radius 3 is 2.31 bits per heavy atom. The highest BCUT2D eigenvalue weighted by atomic mass is 19.1. The molecule has 1 aliphatic heterocycles. The van der Waals surface area contributed by atoms with Crippen LogP contribution in [0.4, 0.5) is 4.39 Å². The van der Waals surface area contributed by atoms with E-state index in [2.05, 4.69) is 45.1 Å². The summed E-state index contributed by atoms with van der Waals surface area (Å²) in [6.45, 7) is 4.40. The summed E-state index contributed by atoms with van der Waals surface area (Å²) in [5.74, 6) is -0.212. The normalized spacial score (nSPS) is 16.3. The molecule has 2 aromatic carbocycles. The number of aromatic nitrogens is 1. The SMILES string of the molecule is N#Cc1cnccc1CN1CCN(C(c2ccccc2)c2ccc(F)cc2)CC1. The first-order valence-corrected chi connectivity index (χ1v) is 9.84. The fourth-order valence-corrected chi connectivity index (χ4v) is 3.98. The van der Waals surface area contributed by atoms with Crippen molar-refractivity contribution in [3.63, 3.8) is 0 Å². The third kappa shape index (κ3) is 4.51. The zero-order valence-electron chi connectivity index (χ0n) is 16.2. The minimum atomic E-state index is -0.212. The van der Waals surface area contributed by atoms with Gasteiger partial charge in [-0.2, -0.15) is 5.26 Å². The zero-order valence-corrected chi connectivity index (χ0v) is 16.2. The molecule has 0 spiro atoms. The monoisotopic (exact) mass is 386 g/mol. The maximum Gasteiger partial charge on any atom is 0.123 e. The average Bonchev–Trinajstić information content (AvgIpc) is 2.77. The maximum absolute atomic E-state index is 13.5. The van der Waals surface area contributed by atoms with Crippen molar-refractivity contribution in [2.75, 3.05) is 26.2 Å². The molecule has 5 heteroatoms. The van der Waals surface area contributed by atoms with E-state index in [1.807, 2.05) is 24.3 Å². The van der Waals surface area contributed by atoms with Crippen molar-refractivity contribution in [3.8, 4) is 6.07 Å². The molecule has 0 N–H and O–H groups in total. The minimum Gasteiger partial charge on any atom is -0.296 e. The summed E-state index contributed by atoms with van der Waals surface area (Å²) in [5.41, 5.74) is 3.98. The molecular weight excluding hydrogens is 363 g/mol. The van der Waals surface area contributed by atoms with Crippen molar-refractivity contribution in [1.29, 1.82) is 5.26 Å². The van der Waals surface area contributed by atoms with E-state index in [-0.39, 0.29) is 11.9 Å². The summed E-state index contributed by atoms with van der Waals surface area (Å²) in [7, 11) is 0. The second-order valence-electron chi connectivity index (χ2n) is 7.32. The number of halogens is 1. The van der Waals surface area contributed by atoms with Crippen LogP contribution >= 0.6 is 0 Å². The van der Waals surface area contributed by atoms with Crippen LogP contribution < -0.4 is 0 Å². The van der Waals surface area contributed by atoms with Gasteiger partial charge in [-0.05, 0) is 34.9 Å². The van der Waals surface area contributed by atoms with E-state index >= 15 is 0 Å². The molecule has 1 fully saturated rings. The van der Waals surface area contributed by atoms with Crippen molar-refractivity contribution in [2.45, 2.75) is 12.6 Å². The van der Waals surface area contributed by atoms with E-state index in [0.29, 0.717) is 5.56 Å². The van der Waals surface area contributed by atoms with Gasteiger partial charge in [-0.1, -0.05) is 42.5 Å². The molecule has 0 aliphatic carbocycles. The van der Waals surface area contributed by atoms with Crippen LogP contribution in [-0.2, 0) is 6.54 Å².